The minimum atomic E-state index is 0.359. The summed E-state index contributed by atoms with van der Waals surface area (Å²) in [4.78, 5) is 16.0. The van der Waals surface area contributed by atoms with E-state index in [1.165, 1.54) is 6.42 Å². The zero-order valence-corrected chi connectivity index (χ0v) is 8.85. The second-order valence-electron chi connectivity index (χ2n) is 3.90. The van der Waals surface area contributed by atoms with Crippen molar-refractivity contribution in [3.05, 3.63) is 30.5 Å². The van der Waals surface area contributed by atoms with Crippen molar-refractivity contribution < 1.29 is 0 Å². The van der Waals surface area contributed by atoms with Crippen molar-refractivity contribution in [2.24, 2.45) is 0 Å². The van der Waals surface area contributed by atoms with E-state index in [2.05, 4.69) is 25.3 Å². The van der Waals surface area contributed by atoms with Crippen LogP contribution in [0, 0.1) is 0 Å². The zero-order valence-electron chi connectivity index (χ0n) is 8.85. The number of hydrogen-bond acceptors (Lipinski definition) is 4. The van der Waals surface area contributed by atoms with E-state index in [1.54, 1.807) is 24.7 Å². The van der Waals surface area contributed by atoms with E-state index in [0.29, 0.717) is 11.9 Å². The van der Waals surface area contributed by atoms with Gasteiger partial charge in [0.05, 0.1) is 12.2 Å². The average Bonchev–Trinajstić information content (AvgIpc) is 3.01. The number of aromatic amines is 1. The van der Waals surface area contributed by atoms with E-state index in [9.17, 15) is 0 Å². The predicted octanol–water partition coefficient (Wildman–Crippen LogP) is 1.29. The Kier molecular flexibility index (Phi) is 2.38. The lowest BCUT2D eigenvalue weighted by molar-refractivity contribution is 0.613. The van der Waals surface area contributed by atoms with E-state index in [-0.39, 0.29) is 0 Å². The molecule has 0 bridgehead atoms. The molecule has 5 nitrogen and oxygen atoms in total. The van der Waals surface area contributed by atoms with Crippen molar-refractivity contribution in [3.8, 4) is 11.5 Å². The Morgan fingerprint density at radius 1 is 1.19 bits per heavy atom. The summed E-state index contributed by atoms with van der Waals surface area (Å²) >= 11 is 0. The van der Waals surface area contributed by atoms with Crippen LogP contribution in [0.4, 0.5) is 0 Å². The van der Waals surface area contributed by atoms with Gasteiger partial charge in [-0.05, 0) is 25.5 Å². The lowest BCUT2D eigenvalue weighted by Gasteiger charge is -2.04. The first-order chi connectivity index (χ1) is 7.93. The Bertz CT molecular complexity index is 458. The van der Waals surface area contributed by atoms with Gasteiger partial charge in [0.1, 0.15) is 11.5 Å². The summed E-state index contributed by atoms with van der Waals surface area (Å²) in [7, 11) is 0. The van der Waals surface area contributed by atoms with Gasteiger partial charge in [-0.3, -0.25) is 0 Å². The van der Waals surface area contributed by atoms with Crippen LogP contribution in [0.25, 0.3) is 11.5 Å². The molecule has 0 radical (unpaired) electrons. The second-order valence-corrected chi connectivity index (χ2v) is 3.90. The SMILES string of the molecule is c1cnc(-c2cnc(C3CCCN3)[nH]2)nc1. The molecule has 1 atom stereocenters. The Hall–Kier alpha value is -1.75. The summed E-state index contributed by atoms with van der Waals surface area (Å²) in [5.41, 5.74) is 0.879. The molecule has 0 aromatic carbocycles. The van der Waals surface area contributed by atoms with Gasteiger partial charge in [-0.25, -0.2) is 15.0 Å². The standard InChI is InChI=1S/C11H13N5/c1-3-8(12-4-1)11-15-7-9(16-11)10-13-5-2-6-14-10/h2,5-8,12H,1,3-4H2,(H,15,16). The third-order valence-electron chi connectivity index (χ3n) is 2.79. The molecule has 1 unspecified atom stereocenters. The summed E-state index contributed by atoms with van der Waals surface area (Å²) in [5.74, 6) is 1.68. The smallest absolute Gasteiger partial charge is 0.177 e. The average molecular weight is 215 g/mol. The van der Waals surface area contributed by atoms with Crippen molar-refractivity contribution in [3.63, 3.8) is 0 Å². The molecule has 3 rings (SSSR count). The molecule has 2 aromatic rings. The molecule has 0 spiro atoms. The van der Waals surface area contributed by atoms with Crippen LogP contribution in [0.3, 0.4) is 0 Å². The van der Waals surface area contributed by atoms with Crippen LogP contribution < -0.4 is 5.32 Å². The highest BCUT2D eigenvalue weighted by Crippen LogP contribution is 2.22. The van der Waals surface area contributed by atoms with Gasteiger partial charge in [0.2, 0.25) is 0 Å². The summed E-state index contributed by atoms with van der Waals surface area (Å²) in [6.07, 6.45) is 7.61. The summed E-state index contributed by atoms with van der Waals surface area (Å²) < 4.78 is 0. The van der Waals surface area contributed by atoms with Crippen LogP contribution in [0.1, 0.15) is 24.7 Å². The number of H-pyrrole nitrogens is 1. The largest absolute Gasteiger partial charge is 0.338 e. The van der Waals surface area contributed by atoms with Gasteiger partial charge in [0.15, 0.2) is 5.82 Å². The molecule has 0 saturated carbocycles. The molecule has 3 heterocycles. The van der Waals surface area contributed by atoms with Crippen molar-refractivity contribution in [1.29, 1.82) is 0 Å². The Balaban J connectivity index is 1.87. The van der Waals surface area contributed by atoms with Gasteiger partial charge in [0, 0.05) is 12.4 Å². The van der Waals surface area contributed by atoms with Crippen LogP contribution in [0.15, 0.2) is 24.7 Å². The molecule has 2 aromatic heterocycles. The van der Waals surface area contributed by atoms with Crippen LogP contribution in [-0.4, -0.2) is 26.5 Å². The maximum absolute atomic E-state index is 4.38. The molecule has 1 fully saturated rings. The van der Waals surface area contributed by atoms with Crippen LogP contribution in [0.5, 0.6) is 0 Å². The van der Waals surface area contributed by atoms with E-state index in [1.807, 2.05) is 0 Å². The molecular formula is C11H13N5. The van der Waals surface area contributed by atoms with Gasteiger partial charge in [0.25, 0.3) is 0 Å². The number of imidazole rings is 1. The minimum Gasteiger partial charge on any atom is -0.338 e. The van der Waals surface area contributed by atoms with Gasteiger partial charge < -0.3 is 10.3 Å². The normalized spacial score (nSPS) is 20.1. The lowest BCUT2D eigenvalue weighted by atomic mass is 10.2. The van der Waals surface area contributed by atoms with Gasteiger partial charge in [-0.15, -0.1) is 0 Å². The van der Waals surface area contributed by atoms with Crippen molar-refractivity contribution in [1.82, 2.24) is 25.3 Å². The first-order valence-corrected chi connectivity index (χ1v) is 5.49. The molecule has 1 saturated heterocycles. The Morgan fingerprint density at radius 3 is 2.81 bits per heavy atom. The zero-order chi connectivity index (χ0) is 10.8. The number of aromatic nitrogens is 4. The van der Waals surface area contributed by atoms with Gasteiger partial charge in [-0.1, -0.05) is 0 Å². The molecule has 0 aliphatic carbocycles. The third kappa shape index (κ3) is 1.69. The third-order valence-corrected chi connectivity index (χ3v) is 2.79. The van der Waals surface area contributed by atoms with Crippen LogP contribution >= 0.6 is 0 Å². The van der Waals surface area contributed by atoms with E-state index < -0.39 is 0 Å². The number of rotatable bonds is 2. The molecule has 82 valence electrons. The van der Waals surface area contributed by atoms with E-state index >= 15 is 0 Å². The summed E-state index contributed by atoms with van der Waals surface area (Å²) in [6.45, 7) is 1.07. The Morgan fingerprint density at radius 2 is 2.06 bits per heavy atom. The predicted molar refractivity (Wildman–Crippen MR) is 59.6 cm³/mol. The molecule has 1 aliphatic rings. The first-order valence-electron chi connectivity index (χ1n) is 5.49. The van der Waals surface area contributed by atoms with E-state index in [0.717, 1.165) is 24.5 Å². The fourth-order valence-corrected chi connectivity index (χ4v) is 1.98. The van der Waals surface area contributed by atoms with Crippen molar-refractivity contribution in [2.45, 2.75) is 18.9 Å². The molecule has 1 aliphatic heterocycles. The van der Waals surface area contributed by atoms with Gasteiger partial charge in [-0.2, -0.15) is 0 Å². The molecule has 5 heteroatoms. The first kappa shape index (κ1) is 9.47. The maximum Gasteiger partial charge on any atom is 0.177 e. The highest BCUT2D eigenvalue weighted by molar-refractivity contribution is 5.47. The van der Waals surface area contributed by atoms with Crippen molar-refractivity contribution >= 4 is 0 Å². The van der Waals surface area contributed by atoms with E-state index in [4.69, 9.17) is 0 Å². The lowest BCUT2D eigenvalue weighted by Crippen LogP contribution is -2.14. The number of nitrogens with zero attached hydrogens (tertiary/aromatic N) is 3. The van der Waals surface area contributed by atoms with Crippen molar-refractivity contribution in [2.75, 3.05) is 6.54 Å². The summed E-state index contributed by atoms with van der Waals surface area (Å²) in [5, 5.41) is 3.40. The molecule has 0 amide bonds. The van der Waals surface area contributed by atoms with Gasteiger partial charge >= 0.3 is 0 Å². The highest BCUT2D eigenvalue weighted by atomic mass is 15.0. The number of hydrogen-bond donors (Lipinski definition) is 2. The Labute approximate surface area is 93.4 Å². The quantitative estimate of drug-likeness (QED) is 0.792. The topological polar surface area (TPSA) is 66.5 Å². The summed E-state index contributed by atoms with van der Waals surface area (Å²) in [6, 6.07) is 2.16. The second kappa shape index (κ2) is 4.02. The molecule has 2 N–H and O–H groups in total. The fourth-order valence-electron chi connectivity index (χ4n) is 1.98. The van der Waals surface area contributed by atoms with Crippen LogP contribution in [-0.2, 0) is 0 Å². The monoisotopic (exact) mass is 215 g/mol. The number of nitrogens with one attached hydrogen (secondary N) is 2. The maximum atomic E-state index is 4.38. The molecular weight excluding hydrogens is 202 g/mol. The van der Waals surface area contributed by atoms with Crippen LogP contribution in [0.2, 0.25) is 0 Å². The fraction of sp³-hybridized carbons (Fsp3) is 0.364. The minimum absolute atomic E-state index is 0.359. The highest BCUT2D eigenvalue weighted by Gasteiger charge is 2.19. The molecule has 16 heavy (non-hydrogen) atoms.